The Balaban J connectivity index is 2.02. The maximum Gasteiger partial charge on any atom is 0.165 e. The molecule has 2 heterocycles. The van der Waals surface area contributed by atoms with Gasteiger partial charge in [-0.05, 0) is 51.5 Å². The van der Waals surface area contributed by atoms with E-state index in [1.54, 1.807) is 13.2 Å². The van der Waals surface area contributed by atoms with E-state index in [2.05, 4.69) is 11.5 Å². The van der Waals surface area contributed by atoms with E-state index in [0.717, 1.165) is 45.9 Å². The Morgan fingerprint density at radius 1 is 1.19 bits per heavy atom. The predicted octanol–water partition coefficient (Wildman–Crippen LogP) is 5.92. The fraction of sp³-hybridized carbons (Fsp3) is 0.350. The summed E-state index contributed by atoms with van der Waals surface area (Å²) in [5, 5.41) is 1.09. The Labute approximate surface area is 162 Å². The highest BCUT2D eigenvalue weighted by Gasteiger charge is 2.30. The lowest BCUT2D eigenvalue weighted by molar-refractivity contribution is 0.226. The first kappa shape index (κ1) is 17.5. The molecule has 1 aliphatic rings. The monoisotopic (exact) mass is 390 g/mol. The lowest BCUT2D eigenvalue weighted by Gasteiger charge is -2.28. The van der Waals surface area contributed by atoms with Gasteiger partial charge in [0, 0.05) is 17.2 Å². The minimum Gasteiger partial charge on any atom is -0.493 e. The zero-order valence-electron chi connectivity index (χ0n) is 15.1. The van der Waals surface area contributed by atoms with E-state index >= 15 is 0 Å². The Bertz CT molecular complexity index is 1010. The van der Waals surface area contributed by atoms with Crippen LogP contribution in [0.15, 0.2) is 24.3 Å². The molecule has 26 heavy (non-hydrogen) atoms. The van der Waals surface area contributed by atoms with Crippen LogP contribution >= 0.6 is 23.2 Å². The first-order valence-electron chi connectivity index (χ1n) is 8.65. The van der Waals surface area contributed by atoms with Gasteiger partial charge in [0.15, 0.2) is 11.5 Å². The van der Waals surface area contributed by atoms with Gasteiger partial charge in [0.25, 0.3) is 0 Å². The van der Waals surface area contributed by atoms with Gasteiger partial charge in [-0.2, -0.15) is 0 Å². The van der Waals surface area contributed by atoms with Crippen molar-refractivity contribution >= 4 is 34.2 Å². The highest BCUT2D eigenvalue weighted by Crippen LogP contribution is 2.46. The van der Waals surface area contributed by atoms with Crippen molar-refractivity contribution in [3.8, 4) is 22.9 Å². The van der Waals surface area contributed by atoms with Crippen molar-refractivity contribution in [2.24, 2.45) is 0 Å². The SMILES string of the molecule is COc1ccc2c(c1OC(C)C)CC(C)n1c-2nc2ccc(Cl)c(Cl)c21. The summed E-state index contributed by atoms with van der Waals surface area (Å²) < 4.78 is 13.8. The van der Waals surface area contributed by atoms with Gasteiger partial charge in [0.05, 0.1) is 34.3 Å². The quantitative estimate of drug-likeness (QED) is 0.556. The predicted molar refractivity (Wildman–Crippen MR) is 106 cm³/mol. The molecule has 1 unspecified atom stereocenters. The zero-order valence-corrected chi connectivity index (χ0v) is 16.6. The molecule has 4 nitrogen and oxygen atoms in total. The van der Waals surface area contributed by atoms with Crippen LogP contribution in [0, 0.1) is 0 Å². The molecule has 0 amide bonds. The topological polar surface area (TPSA) is 36.3 Å². The normalized spacial score (nSPS) is 15.9. The number of nitrogens with zero attached hydrogens (tertiary/aromatic N) is 2. The van der Waals surface area contributed by atoms with Crippen molar-refractivity contribution in [3.05, 3.63) is 39.9 Å². The zero-order chi connectivity index (χ0) is 18.6. The lowest BCUT2D eigenvalue weighted by atomic mass is 9.94. The van der Waals surface area contributed by atoms with Crippen LogP contribution in [0.1, 0.15) is 32.4 Å². The van der Waals surface area contributed by atoms with Crippen LogP contribution in [0.2, 0.25) is 10.0 Å². The van der Waals surface area contributed by atoms with Gasteiger partial charge in [-0.15, -0.1) is 0 Å². The van der Waals surface area contributed by atoms with Crippen molar-refractivity contribution in [2.45, 2.75) is 39.3 Å². The molecule has 2 aromatic carbocycles. The van der Waals surface area contributed by atoms with Crippen LogP contribution in [-0.2, 0) is 6.42 Å². The fourth-order valence-electron chi connectivity index (χ4n) is 3.67. The van der Waals surface area contributed by atoms with Gasteiger partial charge < -0.3 is 14.0 Å². The van der Waals surface area contributed by atoms with Crippen molar-refractivity contribution in [1.82, 2.24) is 9.55 Å². The van der Waals surface area contributed by atoms with Gasteiger partial charge in [-0.25, -0.2) is 4.98 Å². The molecule has 1 aliphatic heterocycles. The second kappa shape index (κ2) is 6.36. The largest absolute Gasteiger partial charge is 0.493 e. The highest BCUT2D eigenvalue weighted by molar-refractivity contribution is 6.45. The molecule has 0 radical (unpaired) electrons. The van der Waals surface area contributed by atoms with Gasteiger partial charge in [0.1, 0.15) is 5.82 Å². The summed E-state index contributed by atoms with van der Waals surface area (Å²) in [5.41, 5.74) is 3.89. The summed E-state index contributed by atoms with van der Waals surface area (Å²) in [5.74, 6) is 2.43. The van der Waals surface area contributed by atoms with E-state index in [9.17, 15) is 0 Å². The number of ether oxygens (including phenoxy) is 2. The van der Waals surface area contributed by atoms with Crippen LogP contribution in [0.25, 0.3) is 22.4 Å². The third-order valence-corrected chi connectivity index (χ3v) is 5.52. The fourth-order valence-corrected chi connectivity index (χ4v) is 4.08. The molecule has 3 aromatic rings. The third kappa shape index (κ3) is 2.55. The molecule has 0 bridgehead atoms. The maximum atomic E-state index is 6.51. The molecule has 6 heteroatoms. The van der Waals surface area contributed by atoms with Gasteiger partial charge in [-0.3, -0.25) is 0 Å². The summed E-state index contributed by atoms with van der Waals surface area (Å²) in [6.07, 6.45) is 0.857. The number of imidazole rings is 1. The summed E-state index contributed by atoms with van der Waals surface area (Å²) in [6.45, 7) is 6.19. The number of halogens is 2. The molecule has 0 saturated heterocycles. The van der Waals surface area contributed by atoms with Crippen LogP contribution in [0.5, 0.6) is 11.5 Å². The first-order valence-corrected chi connectivity index (χ1v) is 9.40. The molecular weight excluding hydrogens is 371 g/mol. The minimum atomic E-state index is 0.0553. The Kier molecular flexibility index (Phi) is 4.28. The van der Waals surface area contributed by atoms with Gasteiger partial charge >= 0.3 is 0 Å². The van der Waals surface area contributed by atoms with E-state index in [4.69, 9.17) is 37.7 Å². The second-order valence-electron chi connectivity index (χ2n) is 6.88. The van der Waals surface area contributed by atoms with Crippen molar-refractivity contribution in [3.63, 3.8) is 0 Å². The van der Waals surface area contributed by atoms with E-state index < -0.39 is 0 Å². The molecular formula is C20H20Cl2N2O2. The number of fused-ring (bicyclic) bond motifs is 5. The number of aromatic nitrogens is 2. The Morgan fingerprint density at radius 2 is 1.96 bits per heavy atom. The van der Waals surface area contributed by atoms with Gasteiger partial charge in [-0.1, -0.05) is 23.2 Å². The van der Waals surface area contributed by atoms with E-state index in [-0.39, 0.29) is 12.1 Å². The molecule has 4 rings (SSSR count). The van der Waals surface area contributed by atoms with Gasteiger partial charge in [0.2, 0.25) is 0 Å². The summed E-state index contributed by atoms with van der Waals surface area (Å²) in [6, 6.07) is 7.85. The molecule has 136 valence electrons. The lowest BCUT2D eigenvalue weighted by Crippen LogP contribution is -2.18. The average Bonchev–Trinajstić information content (AvgIpc) is 2.99. The number of benzene rings is 2. The maximum absolute atomic E-state index is 6.51. The van der Waals surface area contributed by atoms with E-state index in [0.29, 0.717) is 10.0 Å². The smallest absolute Gasteiger partial charge is 0.165 e. The first-order chi connectivity index (χ1) is 12.4. The standard InChI is InChI=1S/C20H20Cl2N2O2/c1-10(2)26-19-13-9-11(3)24-18-15(7-6-14(21)17(18)22)23-20(24)12(13)5-8-16(19)25-4/h5-8,10-11H,9H2,1-4H3. The Hall–Kier alpha value is -1.91. The molecule has 0 fully saturated rings. The highest BCUT2D eigenvalue weighted by atomic mass is 35.5. The number of rotatable bonds is 3. The Morgan fingerprint density at radius 3 is 2.65 bits per heavy atom. The summed E-state index contributed by atoms with van der Waals surface area (Å²) >= 11 is 12.8. The minimum absolute atomic E-state index is 0.0553. The summed E-state index contributed by atoms with van der Waals surface area (Å²) in [4.78, 5) is 4.85. The number of hydrogen-bond donors (Lipinski definition) is 0. The molecule has 1 aromatic heterocycles. The second-order valence-corrected chi connectivity index (χ2v) is 7.66. The van der Waals surface area contributed by atoms with Crippen molar-refractivity contribution in [2.75, 3.05) is 7.11 Å². The average molecular weight is 391 g/mol. The van der Waals surface area contributed by atoms with Crippen LogP contribution in [0.3, 0.4) is 0 Å². The van der Waals surface area contributed by atoms with Crippen molar-refractivity contribution < 1.29 is 9.47 Å². The number of hydrogen-bond acceptors (Lipinski definition) is 3. The van der Waals surface area contributed by atoms with E-state index in [1.165, 1.54) is 0 Å². The molecule has 0 spiro atoms. The molecule has 0 aliphatic carbocycles. The third-order valence-electron chi connectivity index (χ3n) is 4.72. The number of methoxy groups -OCH3 is 1. The van der Waals surface area contributed by atoms with Crippen LogP contribution < -0.4 is 9.47 Å². The molecule has 0 N–H and O–H groups in total. The molecule has 0 saturated carbocycles. The molecule has 1 atom stereocenters. The van der Waals surface area contributed by atoms with Crippen molar-refractivity contribution in [1.29, 1.82) is 0 Å². The van der Waals surface area contributed by atoms with E-state index in [1.807, 2.05) is 32.0 Å². The van der Waals surface area contributed by atoms with Crippen LogP contribution in [-0.4, -0.2) is 22.8 Å². The van der Waals surface area contributed by atoms with Crippen LogP contribution in [0.4, 0.5) is 0 Å². The summed E-state index contributed by atoms with van der Waals surface area (Å²) in [7, 11) is 1.66.